The molecule has 5 nitrogen and oxygen atoms in total. The molecule has 98 valence electrons. The maximum absolute atomic E-state index is 11.5. The van der Waals surface area contributed by atoms with Gasteiger partial charge in [-0.3, -0.25) is 4.79 Å². The topological polar surface area (TPSA) is 64.6 Å². The molecule has 5 heteroatoms. The van der Waals surface area contributed by atoms with Gasteiger partial charge in [0.05, 0.1) is 12.2 Å². The minimum absolute atomic E-state index is 0.274. The summed E-state index contributed by atoms with van der Waals surface area (Å²) >= 11 is 0. The smallest absolute Gasteiger partial charge is 0.338 e. The third-order valence-corrected chi connectivity index (χ3v) is 2.18. The average Bonchev–Trinajstić information content (AvgIpc) is 2.42. The van der Waals surface area contributed by atoms with Crippen LogP contribution < -0.4 is 10.1 Å². The summed E-state index contributed by atoms with van der Waals surface area (Å²) in [4.78, 5) is 22.5. The van der Waals surface area contributed by atoms with E-state index >= 15 is 0 Å². The largest absolute Gasteiger partial charge is 0.494 e. The van der Waals surface area contributed by atoms with Crippen molar-refractivity contribution in [2.45, 2.75) is 13.3 Å². The van der Waals surface area contributed by atoms with Crippen molar-refractivity contribution in [2.75, 3.05) is 20.3 Å². The molecule has 0 fully saturated rings. The van der Waals surface area contributed by atoms with Crippen molar-refractivity contribution in [2.24, 2.45) is 0 Å². The Morgan fingerprint density at radius 3 is 2.44 bits per heavy atom. The van der Waals surface area contributed by atoms with Gasteiger partial charge in [0.15, 0.2) is 6.61 Å². The maximum Gasteiger partial charge on any atom is 0.338 e. The van der Waals surface area contributed by atoms with Gasteiger partial charge < -0.3 is 14.8 Å². The molecule has 0 spiro atoms. The van der Waals surface area contributed by atoms with Gasteiger partial charge in [0.1, 0.15) is 5.75 Å². The molecule has 1 aromatic rings. The van der Waals surface area contributed by atoms with Gasteiger partial charge in [0, 0.05) is 7.05 Å². The number of hydrogen-bond donors (Lipinski definition) is 1. The van der Waals surface area contributed by atoms with Gasteiger partial charge in [-0.2, -0.15) is 0 Å². The standard InChI is InChI=1S/C13H17NO4/c1-3-8-17-11-6-4-10(5-7-11)13(16)18-9-12(15)14-2/h4-7H,3,8-9H2,1-2H3,(H,14,15). The number of likely N-dealkylation sites (N-methyl/N-ethyl adjacent to an activating group) is 1. The van der Waals surface area contributed by atoms with E-state index < -0.39 is 5.97 Å². The number of nitrogens with one attached hydrogen (secondary N) is 1. The monoisotopic (exact) mass is 251 g/mol. The molecule has 0 aromatic heterocycles. The fourth-order valence-corrected chi connectivity index (χ4v) is 1.19. The lowest BCUT2D eigenvalue weighted by atomic mass is 10.2. The first-order valence-electron chi connectivity index (χ1n) is 5.78. The third kappa shape index (κ3) is 4.45. The Morgan fingerprint density at radius 1 is 1.22 bits per heavy atom. The van der Waals surface area contributed by atoms with E-state index in [1.165, 1.54) is 7.05 Å². The zero-order valence-corrected chi connectivity index (χ0v) is 10.6. The highest BCUT2D eigenvalue weighted by atomic mass is 16.5. The van der Waals surface area contributed by atoms with Crippen LogP contribution in [-0.4, -0.2) is 32.1 Å². The number of ether oxygens (including phenoxy) is 2. The van der Waals surface area contributed by atoms with Crippen molar-refractivity contribution in [3.63, 3.8) is 0 Å². The van der Waals surface area contributed by atoms with Crippen LogP contribution in [0, 0.1) is 0 Å². The fourth-order valence-electron chi connectivity index (χ4n) is 1.19. The van der Waals surface area contributed by atoms with E-state index in [9.17, 15) is 9.59 Å². The number of carbonyl (C=O) groups is 2. The van der Waals surface area contributed by atoms with E-state index in [1.807, 2.05) is 6.92 Å². The van der Waals surface area contributed by atoms with E-state index in [-0.39, 0.29) is 12.5 Å². The minimum atomic E-state index is -0.527. The number of rotatable bonds is 6. The van der Waals surface area contributed by atoms with Crippen LogP contribution in [0.4, 0.5) is 0 Å². The second kappa shape index (κ2) is 7.32. The highest BCUT2D eigenvalue weighted by Gasteiger charge is 2.09. The average molecular weight is 251 g/mol. The Hall–Kier alpha value is -2.04. The van der Waals surface area contributed by atoms with Crippen LogP contribution in [0.25, 0.3) is 0 Å². The lowest BCUT2D eigenvalue weighted by Gasteiger charge is -2.06. The number of hydrogen-bond acceptors (Lipinski definition) is 4. The van der Waals surface area contributed by atoms with E-state index in [0.717, 1.165) is 6.42 Å². The maximum atomic E-state index is 11.5. The first-order valence-corrected chi connectivity index (χ1v) is 5.78. The van der Waals surface area contributed by atoms with Crippen LogP contribution in [0.1, 0.15) is 23.7 Å². The van der Waals surface area contributed by atoms with Crippen molar-refractivity contribution >= 4 is 11.9 Å². The molecule has 1 rings (SSSR count). The molecule has 0 radical (unpaired) electrons. The van der Waals surface area contributed by atoms with Crippen molar-refractivity contribution in [1.29, 1.82) is 0 Å². The normalized spacial score (nSPS) is 9.67. The zero-order chi connectivity index (χ0) is 13.4. The highest BCUT2D eigenvalue weighted by Crippen LogP contribution is 2.13. The Balaban J connectivity index is 2.51. The molecular formula is C13H17NO4. The van der Waals surface area contributed by atoms with Crippen molar-refractivity contribution in [3.05, 3.63) is 29.8 Å². The summed E-state index contributed by atoms with van der Waals surface area (Å²) in [6.07, 6.45) is 0.927. The summed E-state index contributed by atoms with van der Waals surface area (Å²) in [5, 5.41) is 2.37. The zero-order valence-electron chi connectivity index (χ0n) is 10.6. The lowest BCUT2D eigenvalue weighted by Crippen LogP contribution is -2.25. The lowest BCUT2D eigenvalue weighted by molar-refractivity contribution is -0.123. The molecule has 0 saturated heterocycles. The van der Waals surface area contributed by atoms with Crippen molar-refractivity contribution < 1.29 is 19.1 Å². The first kappa shape index (κ1) is 14.0. The Kier molecular flexibility index (Phi) is 5.70. The number of carbonyl (C=O) groups excluding carboxylic acids is 2. The summed E-state index contributed by atoms with van der Waals surface area (Å²) < 4.78 is 10.2. The second-order valence-corrected chi connectivity index (χ2v) is 3.62. The van der Waals surface area contributed by atoms with Gasteiger partial charge in [-0.05, 0) is 30.7 Å². The van der Waals surface area contributed by atoms with E-state index in [4.69, 9.17) is 9.47 Å². The quantitative estimate of drug-likeness (QED) is 0.776. The number of amides is 1. The summed E-state index contributed by atoms with van der Waals surface area (Å²) in [5.74, 6) is -0.161. The molecule has 0 aliphatic rings. The molecule has 0 aliphatic carbocycles. The predicted octanol–water partition coefficient (Wildman–Crippen LogP) is 1.38. The van der Waals surface area contributed by atoms with E-state index in [0.29, 0.717) is 17.9 Å². The molecule has 0 saturated carbocycles. The molecule has 0 unspecified atom stereocenters. The summed E-state index contributed by atoms with van der Waals surface area (Å²) in [7, 11) is 1.48. The SMILES string of the molecule is CCCOc1ccc(C(=O)OCC(=O)NC)cc1. The van der Waals surface area contributed by atoms with Gasteiger partial charge in [-0.1, -0.05) is 6.92 Å². The highest BCUT2D eigenvalue weighted by molar-refractivity contribution is 5.91. The molecule has 0 aliphatic heterocycles. The molecule has 1 N–H and O–H groups in total. The number of esters is 1. The van der Waals surface area contributed by atoms with Gasteiger partial charge >= 0.3 is 5.97 Å². The molecule has 0 atom stereocenters. The van der Waals surface area contributed by atoms with Crippen molar-refractivity contribution in [3.8, 4) is 5.75 Å². The summed E-state index contributed by atoms with van der Waals surface area (Å²) in [6.45, 7) is 2.38. The molecule has 18 heavy (non-hydrogen) atoms. The molecule has 1 amide bonds. The fraction of sp³-hybridized carbons (Fsp3) is 0.385. The van der Waals surface area contributed by atoms with E-state index in [1.54, 1.807) is 24.3 Å². The molecule has 0 bridgehead atoms. The van der Waals surface area contributed by atoms with E-state index in [2.05, 4.69) is 5.32 Å². The van der Waals surface area contributed by atoms with Gasteiger partial charge in [-0.15, -0.1) is 0 Å². The Bertz CT molecular complexity index is 400. The first-order chi connectivity index (χ1) is 8.67. The summed E-state index contributed by atoms with van der Waals surface area (Å²) in [5.41, 5.74) is 0.391. The van der Waals surface area contributed by atoms with Crippen LogP contribution >= 0.6 is 0 Å². The summed E-state index contributed by atoms with van der Waals surface area (Å²) in [6, 6.07) is 6.62. The second-order valence-electron chi connectivity index (χ2n) is 3.62. The van der Waals surface area contributed by atoms with Crippen LogP contribution in [0.2, 0.25) is 0 Å². The molecule has 1 aromatic carbocycles. The molecule has 0 heterocycles. The Morgan fingerprint density at radius 2 is 1.89 bits per heavy atom. The Labute approximate surface area is 106 Å². The van der Waals surface area contributed by atoms with Crippen molar-refractivity contribution in [1.82, 2.24) is 5.32 Å². The van der Waals surface area contributed by atoms with Gasteiger partial charge in [0.25, 0.3) is 5.91 Å². The number of benzene rings is 1. The van der Waals surface area contributed by atoms with Crippen LogP contribution in [0.5, 0.6) is 5.75 Å². The molecular weight excluding hydrogens is 234 g/mol. The van der Waals surface area contributed by atoms with Gasteiger partial charge in [0.2, 0.25) is 0 Å². The van der Waals surface area contributed by atoms with Crippen LogP contribution in [0.3, 0.4) is 0 Å². The van der Waals surface area contributed by atoms with Crippen LogP contribution in [0.15, 0.2) is 24.3 Å². The minimum Gasteiger partial charge on any atom is -0.494 e. The predicted molar refractivity (Wildman–Crippen MR) is 66.6 cm³/mol. The van der Waals surface area contributed by atoms with Gasteiger partial charge in [-0.25, -0.2) is 4.79 Å². The van der Waals surface area contributed by atoms with Crippen LogP contribution in [-0.2, 0) is 9.53 Å². The third-order valence-electron chi connectivity index (χ3n) is 2.18.